The van der Waals surface area contributed by atoms with Gasteiger partial charge < -0.3 is 9.84 Å². The van der Waals surface area contributed by atoms with Crippen molar-refractivity contribution in [3.8, 4) is 16.8 Å². The number of hydrogen-bond donors (Lipinski definition) is 2. The smallest absolute Gasteiger partial charge is 0.421 e. The lowest BCUT2D eigenvalue weighted by Gasteiger charge is -2.21. The average molecular weight is 536 g/mol. The number of ether oxygens (including phenoxy) is 1. The molecule has 1 heterocycles. The van der Waals surface area contributed by atoms with Crippen molar-refractivity contribution in [2.24, 2.45) is 0 Å². The van der Waals surface area contributed by atoms with Gasteiger partial charge in [0.25, 0.3) is 0 Å². The molecule has 0 saturated heterocycles. The van der Waals surface area contributed by atoms with Crippen LogP contribution >= 0.6 is 0 Å². The van der Waals surface area contributed by atoms with Gasteiger partial charge in [0.15, 0.2) is 5.82 Å². The highest BCUT2D eigenvalue weighted by molar-refractivity contribution is 5.96. The molecular weight excluding hydrogens is 511 g/mol. The minimum Gasteiger partial charge on any atom is -0.478 e. The highest BCUT2D eigenvalue weighted by Crippen LogP contribution is 2.49. The van der Waals surface area contributed by atoms with Crippen LogP contribution < -0.4 is 5.32 Å². The van der Waals surface area contributed by atoms with Crippen molar-refractivity contribution in [1.29, 1.82) is 0 Å². The Morgan fingerprint density at radius 2 is 1.67 bits per heavy atom. The Bertz CT molecular complexity index is 1510. The minimum absolute atomic E-state index is 0.0201. The Morgan fingerprint density at radius 1 is 1.03 bits per heavy atom. The molecule has 39 heavy (non-hydrogen) atoms. The van der Waals surface area contributed by atoms with E-state index in [0.717, 1.165) is 23.1 Å². The average Bonchev–Trinajstić information content (AvgIpc) is 3.67. The summed E-state index contributed by atoms with van der Waals surface area (Å²) in [7, 11) is 0. The quantitative estimate of drug-likeness (QED) is 0.257. The standard InChI is InChI=1S/C29H24F3N3O4/c1-17(18-8-4-2-5-9-18)39-28(38)34-26-23(29(30,31)32)16-33-35(26)25-22(27(36)37)15-14-21(24(25)20-12-13-20)19-10-6-3-7-11-19/h2-11,14-17,20H,12-13H2,1H3,(H,34,38)(H,36,37)/t17-/m1/s1. The molecule has 0 bridgehead atoms. The molecule has 0 aliphatic heterocycles. The van der Waals surface area contributed by atoms with Gasteiger partial charge in [-0.1, -0.05) is 66.7 Å². The van der Waals surface area contributed by atoms with Gasteiger partial charge in [-0.15, -0.1) is 0 Å². The van der Waals surface area contributed by atoms with Crippen molar-refractivity contribution < 1.29 is 32.6 Å². The molecule has 1 aliphatic rings. The number of rotatable bonds is 7. The van der Waals surface area contributed by atoms with Crippen LogP contribution in [0.1, 0.15) is 58.8 Å². The molecule has 3 aromatic carbocycles. The number of nitrogens with one attached hydrogen (secondary N) is 1. The summed E-state index contributed by atoms with van der Waals surface area (Å²) in [5.74, 6) is -2.13. The molecule has 1 aromatic heterocycles. The molecule has 10 heteroatoms. The van der Waals surface area contributed by atoms with Gasteiger partial charge in [0.1, 0.15) is 11.7 Å². The monoisotopic (exact) mass is 535 g/mol. The Balaban J connectivity index is 1.64. The zero-order chi connectivity index (χ0) is 27.7. The predicted molar refractivity (Wildman–Crippen MR) is 138 cm³/mol. The first kappa shape index (κ1) is 26.0. The molecule has 0 spiro atoms. The lowest BCUT2D eigenvalue weighted by atomic mass is 9.92. The van der Waals surface area contributed by atoms with Gasteiger partial charge in [-0.2, -0.15) is 18.3 Å². The van der Waals surface area contributed by atoms with E-state index in [2.05, 4.69) is 10.4 Å². The van der Waals surface area contributed by atoms with Crippen LogP contribution in [0.15, 0.2) is 79.0 Å². The van der Waals surface area contributed by atoms with Crippen LogP contribution in [0.3, 0.4) is 0 Å². The molecular formula is C29H24F3N3O4. The molecule has 1 fully saturated rings. The van der Waals surface area contributed by atoms with E-state index < -0.39 is 35.7 Å². The van der Waals surface area contributed by atoms with Crippen LogP contribution in [-0.4, -0.2) is 26.9 Å². The van der Waals surface area contributed by atoms with Crippen LogP contribution in [0.4, 0.5) is 23.8 Å². The highest BCUT2D eigenvalue weighted by atomic mass is 19.4. The minimum atomic E-state index is -4.88. The SMILES string of the molecule is C[C@@H](OC(=O)Nc1c(C(F)(F)F)cnn1-c1c(C(=O)O)ccc(-c2ccccc2)c1C1CC1)c1ccccc1. The van der Waals surface area contributed by atoms with E-state index in [9.17, 15) is 27.9 Å². The van der Waals surface area contributed by atoms with E-state index in [1.165, 1.54) is 6.07 Å². The largest absolute Gasteiger partial charge is 0.478 e. The maximum atomic E-state index is 14.1. The summed E-state index contributed by atoms with van der Waals surface area (Å²) in [4.78, 5) is 25.1. The van der Waals surface area contributed by atoms with Crippen LogP contribution in [0.25, 0.3) is 16.8 Å². The van der Waals surface area contributed by atoms with Crippen molar-refractivity contribution in [1.82, 2.24) is 9.78 Å². The number of anilines is 1. The van der Waals surface area contributed by atoms with Crippen LogP contribution in [0.5, 0.6) is 0 Å². The molecule has 1 amide bonds. The number of carboxylic acids is 1. The Labute approximate surface area is 221 Å². The number of nitrogens with zero attached hydrogens (tertiary/aromatic N) is 2. The molecule has 1 atom stereocenters. The predicted octanol–water partition coefficient (Wildman–Crippen LogP) is 7.44. The topological polar surface area (TPSA) is 93.5 Å². The first-order chi connectivity index (χ1) is 18.6. The van der Waals surface area contributed by atoms with Crippen molar-refractivity contribution in [3.63, 3.8) is 0 Å². The van der Waals surface area contributed by atoms with Gasteiger partial charge in [0.05, 0.1) is 17.4 Å². The van der Waals surface area contributed by atoms with E-state index in [1.807, 2.05) is 30.3 Å². The second-order valence-electron chi connectivity index (χ2n) is 9.27. The molecule has 1 saturated carbocycles. The van der Waals surface area contributed by atoms with E-state index in [1.54, 1.807) is 43.3 Å². The third-order valence-electron chi connectivity index (χ3n) is 6.58. The summed E-state index contributed by atoms with van der Waals surface area (Å²) in [5, 5.41) is 16.2. The van der Waals surface area contributed by atoms with Gasteiger partial charge in [0.2, 0.25) is 0 Å². The maximum Gasteiger partial charge on any atom is 0.421 e. The third kappa shape index (κ3) is 5.36. The Morgan fingerprint density at radius 3 is 2.26 bits per heavy atom. The lowest BCUT2D eigenvalue weighted by Crippen LogP contribution is -2.22. The first-order valence-electron chi connectivity index (χ1n) is 12.3. The number of carbonyl (C=O) groups excluding carboxylic acids is 1. The fraction of sp³-hybridized carbons (Fsp3) is 0.207. The normalized spacial score (nSPS) is 14.1. The number of hydrogen-bond acceptors (Lipinski definition) is 4. The van der Waals surface area contributed by atoms with Crippen molar-refractivity contribution >= 4 is 17.9 Å². The zero-order valence-electron chi connectivity index (χ0n) is 20.8. The number of aromatic nitrogens is 2. The summed E-state index contributed by atoms with van der Waals surface area (Å²) in [6.07, 6.45) is -4.72. The van der Waals surface area contributed by atoms with E-state index in [-0.39, 0.29) is 17.2 Å². The van der Waals surface area contributed by atoms with Crippen LogP contribution in [0, 0.1) is 0 Å². The number of alkyl halides is 3. The van der Waals surface area contributed by atoms with Crippen LogP contribution in [0.2, 0.25) is 0 Å². The summed E-state index contributed by atoms with van der Waals surface area (Å²) in [5.41, 5.74) is 1.20. The number of amides is 1. The summed E-state index contributed by atoms with van der Waals surface area (Å²) < 4.78 is 48.4. The third-order valence-corrected chi connectivity index (χ3v) is 6.58. The van der Waals surface area contributed by atoms with E-state index in [4.69, 9.17) is 4.74 Å². The molecule has 0 radical (unpaired) electrons. The fourth-order valence-electron chi connectivity index (χ4n) is 4.59. The second kappa shape index (κ2) is 10.3. The first-order valence-corrected chi connectivity index (χ1v) is 12.3. The highest BCUT2D eigenvalue weighted by Gasteiger charge is 2.40. The number of halogens is 3. The van der Waals surface area contributed by atoms with Crippen molar-refractivity contribution in [2.75, 3.05) is 5.32 Å². The van der Waals surface area contributed by atoms with Gasteiger partial charge in [-0.25, -0.2) is 14.3 Å². The lowest BCUT2D eigenvalue weighted by molar-refractivity contribution is -0.136. The number of aromatic carboxylic acids is 1. The fourth-order valence-corrected chi connectivity index (χ4v) is 4.59. The zero-order valence-corrected chi connectivity index (χ0v) is 20.8. The van der Waals surface area contributed by atoms with E-state index in [0.29, 0.717) is 22.9 Å². The molecule has 0 unspecified atom stereocenters. The Hall–Kier alpha value is -4.60. The van der Waals surface area contributed by atoms with Gasteiger partial charge >= 0.3 is 18.2 Å². The molecule has 7 nitrogen and oxygen atoms in total. The second-order valence-corrected chi connectivity index (χ2v) is 9.27. The summed E-state index contributed by atoms with van der Waals surface area (Å²) in [6.45, 7) is 1.59. The van der Waals surface area contributed by atoms with Crippen molar-refractivity contribution in [2.45, 2.75) is 38.0 Å². The van der Waals surface area contributed by atoms with Crippen LogP contribution in [-0.2, 0) is 10.9 Å². The molecule has 5 rings (SSSR count). The van der Waals surface area contributed by atoms with Gasteiger partial charge in [-0.05, 0) is 54.0 Å². The summed E-state index contributed by atoms with van der Waals surface area (Å²) >= 11 is 0. The van der Waals surface area contributed by atoms with Gasteiger partial charge in [-0.3, -0.25) is 5.32 Å². The summed E-state index contributed by atoms with van der Waals surface area (Å²) in [6, 6.07) is 20.9. The van der Waals surface area contributed by atoms with Crippen molar-refractivity contribution in [3.05, 3.63) is 101 Å². The van der Waals surface area contributed by atoms with E-state index >= 15 is 0 Å². The van der Waals surface area contributed by atoms with Gasteiger partial charge in [0, 0.05) is 0 Å². The molecule has 1 aliphatic carbocycles. The molecule has 200 valence electrons. The Kier molecular flexibility index (Phi) is 6.86. The maximum absolute atomic E-state index is 14.1. The number of benzene rings is 3. The molecule has 2 N–H and O–H groups in total. The molecule has 4 aromatic rings. The number of carboxylic acid groups (broad SMARTS) is 1. The number of carbonyl (C=O) groups is 2.